The first-order valence-electron chi connectivity index (χ1n) is 8.34. The van der Waals surface area contributed by atoms with E-state index in [1.54, 1.807) is 24.3 Å². The Morgan fingerprint density at radius 2 is 1.68 bits per heavy atom. The molecular formula is C20H21NO3S. The molecule has 0 saturated carbocycles. The molecule has 3 rings (SSSR count). The second-order valence-corrected chi connectivity index (χ2v) is 7.20. The van der Waals surface area contributed by atoms with Crippen LogP contribution >= 0.6 is 11.8 Å². The van der Waals surface area contributed by atoms with Crippen molar-refractivity contribution in [1.29, 1.82) is 0 Å². The monoisotopic (exact) mass is 355 g/mol. The van der Waals surface area contributed by atoms with Crippen LogP contribution in [0.1, 0.15) is 38.0 Å². The largest absolute Gasteiger partial charge is 0.465 e. The summed E-state index contributed by atoms with van der Waals surface area (Å²) < 4.78 is 4.80. The molecule has 1 saturated heterocycles. The number of benzene rings is 2. The predicted octanol–water partition coefficient (Wildman–Crippen LogP) is 3.79. The van der Waals surface area contributed by atoms with E-state index >= 15 is 0 Å². The highest BCUT2D eigenvalue weighted by Gasteiger charge is 2.25. The first kappa shape index (κ1) is 17.5. The highest BCUT2D eigenvalue weighted by molar-refractivity contribution is 7.99. The summed E-state index contributed by atoms with van der Waals surface area (Å²) in [6.07, 6.45) is 0.904. The number of hydrogen-bond acceptors (Lipinski definition) is 4. The van der Waals surface area contributed by atoms with Crippen molar-refractivity contribution in [3.8, 4) is 0 Å². The van der Waals surface area contributed by atoms with Gasteiger partial charge in [0.1, 0.15) is 0 Å². The van der Waals surface area contributed by atoms with Crippen molar-refractivity contribution in [2.75, 3.05) is 26.0 Å². The smallest absolute Gasteiger partial charge is 0.338 e. The van der Waals surface area contributed by atoms with Crippen LogP contribution in [-0.4, -0.2) is 42.7 Å². The standard InChI is InChI=1S/C20H21NO3S/c1-24-20(23)17-10-6-5-9-16(17)19(22)21-12-11-18(25-14-13-21)15-7-3-2-4-8-15/h2-10,18H,11-14H2,1H3/t18-/m0/s1. The average Bonchev–Trinajstić information content (AvgIpc) is 2.94. The summed E-state index contributed by atoms with van der Waals surface area (Å²) in [6, 6.07) is 17.3. The maximum Gasteiger partial charge on any atom is 0.338 e. The van der Waals surface area contributed by atoms with Gasteiger partial charge in [0, 0.05) is 24.1 Å². The lowest BCUT2D eigenvalue weighted by molar-refractivity contribution is 0.0590. The molecule has 0 aromatic heterocycles. The number of nitrogens with zero attached hydrogens (tertiary/aromatic N) is 1. The minimum Gasteiger partial charge on any atom is -0.465 e. The van der Waals surface area contributed by atoms with Crippen LogP contribution in [0.15, 0.2) is 54.6 Å². The first-order valence-corrected chi connectivity index (χ1v) is 9.38. The summed E-state index contributed by atoms with van der Waals surface area (Å²) in [4.78, 5) is 26.7. The maximum atomic E-state index is 12.9. The fraction of sp³-hybridized carbons (Fsp3) is 0.300. The normalized spacial score (nSPS) is 17.6. The lowest BCUT2D eigenvalue weighted by Crippen LogP contribution is -2.34. The van der Waals surface area contributed by atoms with Gasteiger partial charge in [0.2, 0.25) is 0 Å². The lowest BCUT2D eigenvalue weighted by atomic mass is 10.1. The van der Waals surface area contributed by atoms with Gasteiger partial charge < -0.3 is 9.64 Å². The molecular weight excluding hydrogens is 334 g/mol. The molecule has 0 aliphatic carbocycles. The van der Waals surface area contributed by atoms with Crippen LogP contribution in [0.5, 0.6) is 0 Å². The third kappa shape index (κ3) is 4.04. The van der Waals surface area contributed by atoms with Crippen molar-refractivity contribution in [2.45, 2.75) is 11.7 Å². The number of hydrogen-bond donors (Lipinski definition) is 0. The van der Waals surface area contributed by atoms with Gasteiger partial charge >= 0.3 is 5.97 Å². The summed E-state index contributed by atoms with van der Waals surface area (Å²) in [5.41, 5.74) is 2.04. The van der Waals surface area contributed by atoms with Crippen molar-refractivity contribution in [1.82, 2.24) is 4.90 Å². The molecule has 5 heteroatoms. The van der Waals surface area contributed by atoms with Crippen LogP contribution in [0, 0.1) is 0 Å². The van der Waals surface area contributed by atoms with Crippen molar-refractivity contribution < 1.29 is 14.3 Å². The third-order valence-corrected chi connectivity index (χ3v) is 5.69. The van der Waals surface area contributed by atoms with Gasteiger partial charge in [-0.05, 0) is 24.1 Å². The van der Waals surface area contributed by atoms with Crippen LogP contribution in [0.25, 0.3) is 0 Å². The zero-order chi connectivity index (χ0) is 17.6. The van der Waals surface area contributed by atoms with Gasteiger partial charge in [-0.15, -0.1) is 0 Å². The molecule has 0 unspecified atom stereocenters. The summed E-state index contributed by atoms with van der Waals surface area (Å²) >= 11 is 1.88. The lowest BCUT2D eigenvalue weighted by Gasteiger charge is -2.21. The van der Waals surface area contributed by atoms with E-state index in [2.05, 4.69) is 24.3 Å². The Bertz CT molecular complexity index is 748. The maximum absolute atomic E-state index is 12.9. The number of carbonyl (C=O) groups is 2. The third-order valence-electron chi connectivity index (χ3n) is 4.36. The number of amides is 1. The molecule has 1 heterocycles. The van der Waals surface area contributed by atoms with E-state index in [1.165, 1.54) is 12.7 Å². The Balaban J connectivity index is 1.75. The number of ether oxygens (including phenoxy) is 1. The number of thioether (sulfide) groups is 1. The van der Waals surface area contributed by atoms with Gasteiger partial charge in [-0.25, -0.2) is 4.79 Å². The fourth-order valence-electron chi connectivity index (χ4n) is 3.03. The Morgan fingerprint density at radius 3 is 2.40 bits per heavy atom. The zero-order valence-electron chi connectivity index (χ0n) is 14.2. The fourth-order valence-corrected chi connectivity index (χ4v) is 4.27. The van der Waals surface area contributed by atoms with Crippen molar-refractivity contribution >= 4 is 23.6 Å². The molecule has 1 aliphatic heterocycles. The zero-order valence-corrected chi connectivity index (χ0v) is 15.0. The van der Waals surface area contributed by atoms with Gasteiger partial charge in [-0.1, -0.05) is 42.5 Å². The molecule has 1 fully saturated rings. The Morgan fingerprint density at radius 1 is 1.00 bits per heavy atom. The van der Waals surface area contributed by atoms with Crippen LogP contribution in [0.2, 0.25) is 0 Å². The van der Waals surface area contributed by atoms with Crippen molar-refractivity contribution in [2.24, 2.45) is 0 Å². The summed E-state index contributed by atoms with van der Waals surface area (Å²) in [5.74, 6) is 0.303. The van der Waals surface area contributed by atoms with Crippen LogP contribution in [0.3, 0.4) is 0 Å². The van der Waals surface area contributed by atoms with Crippen LogP contribution in [0.4, 0.5) is 0 Å². The van der Waals surface area contributed by atoms with Crippen molar-refractivity contribution in [3.63, 3.8) is 0 Å². The van der Waals surface area contributed by atoms with Gasteiger partial charge in [-0.2, -0.15) is 11.8 Å². The second kappa shape index (κ2) is 8.21. The molecule has 0 radical (unpaired) electrons. The van der Waals surface area contributed by atoms with Gasteiger partial charge in [0.25, 0.3) is 5.91 Å². The Hall–Kier alpha value is -2.27. The van der Waals surface area contributed by atoms with E-state index in [0.717, 1.165) is 12.2 Å². The van der Waals surface area contributed by atoms with Crippen LogP contribution in [-0.2, 0) is 4.74 Å². The van der Waals surface area contributed by atoms with Gasteiger partial charge in [0.05, 0.1) is 18.2 Å². The van der Waals surface area contributed by atoms with E-state index in [-0.39, 0.29) is 5.91 Å². The molecule has 0 bridgehead atoms. The quantitative estimate of drug-likeness (QED) is 0.786. The second-order valence-electron chi connectivity index (χ2n) is 5.89. The minimum absolute atomic E-state index is 0.102. The summed E-state index contributed by atoms with van der Waals surface area (Å²) in [6.45, 7) is 1.36. The molecule has 4 nitrogen and oxygen atoms in total. The molecule has 1 amide bonds. The van der Waals surface area contributed by atoms with Gasteiger partial charge in [-0.3, -0.25) is 4.79 Å². The van der Waals surface area contributed by atoms with Crippen molar-refractivity contribution in [3.05, 3.63) is 71.3 Å². The van der Waals surface area contributed by atoms with Gasteiger partial charge in [0.15, 0.2) is 0 Å². The molecule has 25 heavy (non-hydrogen) atoms. The predicted molar refractivity (Wildman–Crippen MR) is 99.9 cm³/mol. The molecule has 2 aromatic rings. The molecule has 0 N–H and O–H groups in total. The molecule has 130 valence electrons. The van der Waals surface area contributed by atoms with Crippen LogP contribution < -0.4 is 0 Å². The van der Waals surface area contributed by atoms with E-state index in [1.807, 2.05) is 22.7 Å². The summed E-state index contributed by atoms with van der Waals surface area (Å²) in [7, 11) is 1.33. The highest BCUT2D eigenvalue weighted by Crippen LogP contribution is 2.34. The van der Waals surface area contributed by atoms with E-state index in [4.69, 9.17) is 4.74 Å². The SMILES string of the molecule is COC(=O)c1ccccc1C(=O)N1CCS[C@H](c2ccccc2)CC1. The van der Waals surface area contributed by atoms with E-state index in [0.29, 0.717) is 29.5 Å². The number of rotatable bonds is 3. The Labute approximate surface area is 152 Å². The molecule has 0 spiro atoms. The number of methoxy groups -OCH3 is 1. The van der Waals surface area contributed by atoms with E-state index in [9.17, 15) is 9.59 Å². The minimum atomic E-state index is -0.477. The first-order chi connectivity index (χ1) is 12.2. The highest BCUT2D eigenvalue weighted by atomic mass is 32.2. The summed E-state index contributed by atoms with van der Waals surface area (Å²) in [5, 5.41) is 0.398. The molecule has 2 aromatic carbocycles. The number of esters is 1. The Kier molecular flexibility index (Phi) is 5.76. The molecule has 1 atom stereocenters. The average molecular weight is 355 g/mol. The van der Waals surface area contributed by atoms with E-state index < -0.39 is 5.97 Å². The topological polar surface area (TPSA) is 46.6 Å². The number of carbonyl (C=O) groups excluding carboxylic acids is 2. The molecule has 1 aliphatic rings.